The minimum absolute atomic E-state index is 0.313. The van der Waals surface area contributed by atoms with E-state index in [2.05, 4.69) is 24.4 Å². The number of rotatable bonds is 7. The third-order valence-corrected chi connectivity index (χ3v) is 7.68. The van der Waals surface area contributed by atoms with Crippen molar-refractivity contribution in [2.75, 3.05) is 18.5 Å². The molecule has 5 rings (SSSR count). The van der Waals surface area contributed by atoms with E-state index in [4.69, 9.17) is 9.84 Å². The fraction of sp³-hybridized carbons (Fsp3) is 0.367. The van der Waals surface area contributed by atoms with Crippen LogP contribution in [0, 0.1) is 32.6 Å². The number of aryl methyl sites for hydroxylation is 3. The van der Waals surface area contributed by atoms with Crippen LogP contribution in [0.15, 0.2) is 48.5 Å². The van der Waals surface area contributed by atoms with E-state index in [1.807, 2.05) is 44.2 Å². The minimum atomic E-state index is -0.798. The Bertz CT molecular complexity index is 1420. The second-order valence-corrected chi connectivity index (χ2v) is 10.4. The molecule has 0 unspecified atom stereocenters. The molecular weight excluding hydrogens is 496 g/mol. The van der Waals surface area contributed by atoms with Crippen LogP contribution in [0.5, 0.6) is 0 Å². The number of imide groups is 1. The number of amides is 3. The van der Waals surface area contributed by atoms with Gasteiger partial charge in [-0.15, -0.1) is 0 Å². The number of carbonyl (C=O) groups excluding carboxylic acids is 4. The van der Waals surface area contributed by atoms with Gasteiger partial charge in [-0.25, -0.2) is 4.68 Å². The maximum absolute atomic E-state index is 12.8. The number of carbonyl (C=O) groups is 4. The van der Waals surface area contributed by atoms with Gasteiger partial charge < -0.3 is 10.1 Å². The first-order valence-electron chi connectivity index (χ1n) is 13.3. The van der Waals surface area contributed by atoms with Crippen LogP contribution in [0.2, 0.25) is 0 Å². The largest absolute Gasteiger partial charge is 0.454 e. The summed E-state index contributed by atoms with van der Waals surface area (Å²) in [7, 11) is 0. The van der Waals surface area contributed by atoms with Crippen molar-refractivity contribution in [2.45, 2.75) is 46.5 Å². The number of hydrogen-bond acceptors (Lipinski definition) is 6. The zero-order chi connectivity index (χ0) is 27.7. The van der Waals surface area contributed by atoms with Gasteiger partial charge in [0.05, 0.1) is 23.2 Å². The quantitative estimate of drug-likeness (QED) is 0.365. The first kappa shape index (κ1) is 26.3. The molecule has 2 atom stereocenters. The van der Waals surface area contributed by atoms with E-state index < -0.39 is 25.0 Å². The summed E-state index contributed by atoms with van der Waals surface area (Å²) in [6.45, 7) is 5.09. The molecule has 2 fully saturated rings. The summed E-state index contributed by atoms with van der Waals surface area (Å²) >= 11 is 0. The highest BCUT2D eigenvalue weighted by atomic mass is 16.5. The highest BCUT2D eigenvalue weighted by Gasteiger charge is 2.48. The molecular formula is C30H32N4O5. The molecule has 0 radical (unpaired) electrons. The van der Waals surface area contributed by atoms with E-state index in [1.54, 1.807) is 10.7 Å². The summed E-state index contributed by atoms with van der Waals surface area (Å²) < 4.78 is 6.78. The Kier molecular flexibility index (Phi) is 7.32. The van der Waals surface area contributed by atoms with E-state index >= 15 is 0 Å². The summed E-state index contributed by atoms with van der Waals surface area (Å²) in [5.41, 5.74) is 5.79. The lowest BCUT2D eigenvalue weighted by Crippen LogP contribution is -2.37. The lowest BCUT2D eigenvalue weighted by Gasteiger charge is -2.19. The van der Waals surface area contributed by atoms with E-state index in [1.165, 1.54) is 5.56 Å². The molecule has 3 amide bonds. The molecule has 202 valence electrons. The Labute approximate surface area is 227 Å². The number of anilines is 1. The van der Waals surface area contributed by atoms with Crippen LogP contribution < -0.4 is 5.32 Å². The molecule has 2 aliphatic rings. The number of benzene rings is 2. The predicted molar refractivity (Wildman–Crippen MR) is 145 cm³/mol. The van der Waals surface area contributed by atoms with Gasteiger partial charge in [0.15, 0.2) is 6.61 Å². The third-order valence-electron chi connectivity index (χ3n) is 7.68. The predicted octanol–water partition coefficient (Wildman–Crippen LogP) is 4.12. The molecule has 1 aliphatic carbocycles. The number of fused-ring (bicyclic) bond motifs is 1. The third kappa shape index (κ3) is 5.34. The number of ether oxygens (including phenoxy) is 1. The first-order valence-corrected chi connectivity index (χ1v) is 13.3. The van der Waals surface area contributed by atoms with Crippen molar-refractivity contribution < 1.29 is 23.9 Å². The molecule has 9 heteroatoms. The van der Waals surface area contributed by atoms with Gasteiger partial charge in [-0.1, -0.05) is 37.1 Å². The fourth-order valence-electron chi connectivity index (χ4n) is 5.49. The average molecular weight is 529 g/mol. The standard InChI is InChI=1S/C30H32N4O5/c1-18-13-20(3)24(14-19(18)2)25-15-26(34(32-25)21-9-5-4-6-10-21)31-27(35)17-39-28(36)16-33-29(37)22-11-7-8-12-23(22)30(33)38/h4-6,9-10,13-15,22-23H,7-8,11-12,16-17H2,1-3H3,(H,31,35)/t22-,23+. The number of likely N-dealkylation sites (tertiary alicyclic amines) is 1. The number of esters is 1. The minimum Gasteiger partial charge on any atom is -0.454 e. The number of hydrogen-bond donors (Lipinski definition) is 1. The normalized spacial score (nSPS) is 18.7. The molecule has 0 spiro atoms. The molecule has 1 saturated carbocycles. The molecule has 1 saturated heterocycles. The molecule has 2 aromatic carbocycles. The molecule has 9 nitrogen and oxygen atoms in total. The zero-order valence-electron chi connectivity index (χ0n) is 22.4. The fourth-order valence-corrected chi connectivity index (χ4v) is 5.49. The van der Waals surface area contributed by atoms with E-state index in [-0.39, 0.29) is 23.7 Å². The van der Waals surface area contributed by atoms with Gasteiger partial charge in [0.1, 0.15) is 12.4 Å². The highest BCUT2D eigenvalue weighted by molar-refractivity contribution is 6.07. The molecule has 1 aliphatic heterocycles. The van der Waals surface area contributed by atoms with Crippen molar-refractivity contribution in [1.82, 2.24) is 14.7 Å². The zero-order valence-corrected chi connectivity index (χ0v) is 22.4. The van der Waals surface area contributed by atoms with Crippen LogP contribution in [0.4, 0.5) is 5.82 Å². The van der Waals surface area contributed by atoms with Gasteiger partial charge in [0.2, 0.25) is 11.8 Å². The first-order chi connectivity index (χ1) is 18.7. The van der Waals surface area contributed by atoms with Gasteiger partial charge in [0.25, 0.3) is 5.91 Å². The monoisotopic (exact) mass is 528 g/mol. The Hall–Kier alpha value is -4.27. The summed E-state index contributed by atoms with van der Waals surface area (Å²) in [5.74, 6) is -2.24. The van der Waals surface area contributed by atoms with Crippen LogP contribution in [0.25, 0.3) is 16.9 Å². The molecule has 39 heavy (non-hydrogen) atoms. The van der Waals surface area contributed by atoms with Crippen LogP contribution >= 0.6 is 0 Å². The Balaban J connectivity index is 1.28. The Morgan fingerprint density at radius 3 is 2.23 bits per heavy atom. The van der Waals surface area contributed by atoms with Crippen LogP contribution in [0.1, 0.15) is 42.4 Å². The summed E-state index contributed by atoms with van der Waals surface area (Å²) in [6, 6.07) is 15.4. The SMILES string of the molecule is Cc1cc(C)c(-c2cc(NC(=O)COC(=O)CN3C(=O)[C@H]4CCCC[C@H]4C3=O)n(-c3ccccc3)n2)cc1C. The summed E-state index contributed by atoms with van der Waals surface area (Å²) in [5, 5.41) is 7.55. The average Bonchev–Trinajstić information content (AvgIpc) is 3.45. The van der Waals surface area contributed by atoms with Gasteiger partial charge in [-0.05, 0) is 68.5 Å². The lowest BCUT2D eigenvalue weighted by molar-refractivity contribution is -0.154. The van der Waals surface area contributed by atoms with Gasteiger partial charge in [-0.2, -0.15) is 5.10 Å². The molecule has 0 bridgehead atoms. The highest BCUT2D eigenvalue weighted by Crippen LogP contribution is 2.38. The smallest absolute Gasteiger partial charge is 0.326 e. The lowest BCUT2D eigenvalue weighted by atomic mass is 9.81. The van der Waals surface area contributed by atoms with E-state index in [9.17, 15) is 19.2 Å². The molecule has 1 aromatic heterocycles. The second kappa shape index (κ2) is 10.8. The maximum atomic E-state index is 12.8. The number of nitrogens with one attached hydrogen (secondary N) is 1. The summed E-state index contributed by atoms with van der Waals surface area (Å²) in [6.07, 6.45) is 3.15. The van der Waals surface area contributed by atoms with Crippen molar-refractivity contribution >= 4 is 29.5 Å². The number of para-hydroxylation sites is 1. The van der Waals surface area contributed by atoms with Crippen molar-refractivity contribution in [3.8, 4) is 16.9 Å². The topological polar surface area (TPSA) is 111 Å². The van der Waals surface area contributed by atoms with Crippen molar-refractivity contribution in [2.24, 2.45) is 11.8 Å². The molecule has 3 aromatic rings. The maximum Gasteiger partial charge on any atom is 0.326 e. The molecule has 2 heterocycles. The van der Waals surface area contributed by atoms with Gasteiger partial charge >= 0.3 is 5.97 Å². The second-order valence-electron chi connectivity index (χ2n) is 10.4. The van der Waals surface area contributed by atoms with E-state index in [0.717, 1.165) is 40.1 Å². The van der Waals surface area contributed by atoms with Crippen molar-refractivity contribution in [3.63, 3.8) is 0 Å². The van der Waals surface area contributed by atoms with Crippen molar-refractivity contribution in [3.05, 3.63) is 65.2 Å². The Morgan fingerprint density at radius 1 is 0.923 bits per heavy atom. The van der Waals surface area contributed by atoms with Crippen LogP contribution in [-0.4, -0.2) is 51.5 Å². The van der Waals surface area contributed by atoms with Gasteiger partial charge in [-0.3, -0.25) is 24.1 Å². The Morgan fingerprint density at radius 2 is 1.56 bits per heavy atom. The van der Waals surface area contributed by atoms with Crippen LogP contribution in [0.3, 0.4) is 0 Å². The number of nitrogens with zero attached hydrogens (tertiary/aromatic N) is 3. The summed E-state index contributed by atoms with van der Waals surface area (Å²) in [4.78, 5) is 51.5. The van der Waals surface area contributed by atoms with Gasteiger partial charge in [0, 0.05) is 11.6 Å². The number of aromatic nitrogens is 2. The van der Waals surface area contributed by atoms with Crippen molar-refractivity contribution in [1.29, 1.82) is 0 Å². The van der Waals surface area contributed by atoms with E-state index in [0.29, 0.717) is 24.4 Å². The molecule has 1 N–H and O–H groups in total. The van der Waals surface area contributed by atoms with Crippen LogP contribution in [-0.2, 0) is 23.9 Å².